The fourth-order valence-electron chi connectivity index (χ4n) is 4.56. The molecule has 2 bridgehead atoms. The summed E-state index contributed by atoms with van der Waals surface area (Å²) in [5.41, 5.74) is -0.520. The topological polar surface area (TPSA) is 41.5 Å². The van der Waals surface area contributed by atoms with E-state index in [9.17, 15) is 5.11 Å². The van der Waals surface area contributed by atoms with Crippen molar-refractivity contribution in [2.45, 2.75) is 57.1 Å². The van der Waals surface area contributed by atoms with Crippen LogP contribution in [0.1, 0.15) is 45.4 Å². The molecule has 104 valence electrons. The second kappa shape index (κ2) is 5.10. The molecular formula is C15H27NO2. The molecule has 0 aromatic carbocycles. The maximum absolute atomic E-state index is 10.7. The lowest BCUT2D eigenvalue weighted by atomic mass is 9.79. The number of ether oxygens (including phenoxy) is 1. The van der Waals surface area contributed by atoms with Crippen LogP contribution in [-0.4, -0.2) is 36.5 Å². The quantitative estimate of drug-likeness (QED) is 0.804. The molecule has 3 nitrogen and oxygen atoms in total. The summed E-state index contributed by atoms with van der Waals surface area (Å²) in [6.07, 6.45) is 7.49. The minimum atomic E-state index is -0.520. The van der Waals surface area contributed by atoms with Gasteiger partial charge < -0.3 is 15.2 Å². The monoisotopic (exact) mass is 253 g/mol. The van der Waals surface area contributed by atoms with Crippen LogP contribution in [0.5, 0.6) is 0 Å². The fraction of sp³-hybridized carbons (Fsp3) is 1.00. The number of rotatable bonds is 4. The summed E-state index contributed by atoms with van der Waals surface area (Å²) in [5, 5.41) is 14.1. The van der Waals surface area contributed by atoms with E-state index in [0.29, 0.717) is 6.04 Å². The van der Waals surface area contributed by atoms with Crippen LogP contribution in [0.25, 0.3) is 0 Å². The molecule has 5 unspecified atom stereocenters. The summed E-state index contributed by atoms with van der Waals surface area (Å²) in [5.74, 6) is 2.67. The van der Waals surface area contributed by atoms with Gasteiger partial charge in [-0.05, 0) is 56.8 Å². The van der Waals surface area contributed by atoms with Crippen molar-refractivity contribution >= 4 is 0 Å². The van der Waals surface area contributed by atoms with Crippen LogP contribution in [0.2, 0.25) is 0 Å². The summed E-state index contributed by atoms with van der Waals surface area (Å²) < 4.78 is 5.47. The first-order valence-electron chi connectivity index (χ1n) is 7.66. The molecule has 5 atom stereocenters. The van der Waals surface area contributed by atoms with E-state index in [4.69, 9.17) is 4.74 Å². The number of aliphatic hydroxyl groups is 1. The van der Waals surface area contributed by atoms with Gasteiger partial charge >= 0.3 is 0 Å². The highest BCUT2D eigenvalue weighted by atomic mass is 16.5. The van der Waals surface area contributed by atoms with Crippen LogP contribution in [0.3, 0.4) is 0 Å². The molecule has 3 heteroatoms. The Bertz CT molecular complexity index is 286. The zero-order valence-electron chi connectivity index (χ0n) is 11.5. The van der Waals surface area contributed by atoms with Crippen LogP contribution < -0.4 is 5.32 Å². The Morgan fingerprint density at radius 3 is 2.78 bits per heavy atom. The van der Waals surface area contributed by atoms with E-state index in [1.165, 1.54) is 25.7 Å². The molecule has 18 heavy (non-hydrogen) atoms. The largest absolute Gasteiger partial charge is 0.390 e. The van der Waals surface area contributed by atoms with Crippen molar-refractivity contribution in [1.29, 1.82) is 0 Å². The SMILES string of the molecule is CC(O)(CC1COCCN1)CC1CC2CCC1C2. The molecule has 1 aliphatic heterocycles. The average molecular weight is 253 g/mol. The van der Waals surface area contributed by atoms with Crippen molar-refractivity contribution in [2.75, 3.05) is 19.8 Å². The van der Waals surface area contributed by atoms with Crippen LogP contribution in [0.15, 0.2) is 0 Å². The van der Waals surface area contributed by atoms with E-state index in [0.717, 1.165) is 50.4 Å². The van der Waals surface area contributed by atoms with E-state index in [-0.39, 0.29) is 0 Å². The van der Waals surface area contributed by atoms with Crippen molar-refractivity contribution in [1.82, 2.24) is 5.32 Å². The number of hydrogen-bond acceptors (Lipinski definition) is 3. The normalized spacial score (nSPS) is 43.0. The molecule has 0 radical (unpaired) electrons. The molecule has 3 rings (SSSR count). The molecule has 0 aromatic rings. The maximum Gasteiger partial charge on any atom is 0.0638 e. The van der Waals surface area contributed by atoms with Gasteiger partial charge in [-0.1, -0.05) is 6.42 Å². The lowest BCUT2D eigenvalue weighted by molar-refractivity contribution is -0.0144. The fourth-order valence-corrected chi connectivity index (χ4v) is 4.56. The van der Waals surface area contributed by atoms with Gasteiger partial charge in [0, 0.05) is 12.6 Å². The first kappa shape index (κ1) is 12.9. The predicted octanol–water partition coefficient (Wildman–Crippen LogP) is 1.94. The molecule has 0 aromatic heterocycles. The van der Waals surface area contributed by atoms with Gasteiger partial charge in [-0.25, -0.2) is 0 Å². The third-order valence-corrected chi connectivity index (χ3v) is 5.27. The van der Waals surface area contributed by atoms with E-state index in [1.54, 1.807) is 0 Å². The smallest absolute Gasteiger partial charge is 0.0638 e. The van der Waals surface area contributed by atoms with Crippen LogP contribution in [0.4, 0.5) is 0 Å². The molecule has 2 N–H and O–H groups in total. The van der Waals surface area contributed by atoms with E-state index in [2.05, 4.69) is 5.32 Å². The summed E-state index contributed by atoms with van der Waals surface area (Å²) in [4.78, 5) is 0. The van der Waals surface area contributed by atoms with Gasteiger partial charge in [-0.2, -0.15) is 0 Å². The molecule has 0 amide bonds. The van der Waals surface area contributed by atoms with Crippen LogP contribution in [0, 0.1) is 17.8 Å². The van der Waals surface area contributed by atoms with Crippen molar-refractivity contribution in [3.8, 4) is 0 Å². The Hall–Kier alpha value is -0.120. The summed E-state index contributed by atoms with van der Waals surface area (Å²) in [6.45, 7) is 4.52. The van der Waals surface area contributed by atoms with Crippen LogP contribution in [-0.2, 0) is 4.74 Å². The Labute approximate surface area is 110 Å². The highest BCUT2D eigenvalue weighted by Crippen LogP contribution is 2.51. The third-order valence-electron chi connectivity index (χ3n) is 5.27. The Morgan fingerprint density at radius 2 is 2.17 bits per heavy atom. The zero-order valence-corrected chi connectivity index (χ0v) is 11.5. The van der Waals surface area contributed by atoms with Gasteiger partial charge in [0.25, 0.3) is 0 Å². The van der Waals surface area contributed by atoms with Gasteiger partial charge in [-0.15, -0.1) is 0 Å². The number of nitrogens with one attached hydrogen (secondary N) is 1. The Morgan fingerprint density at radius 1 is 1.28 bits per heavy atom. The van der Waals surface area contributed by atoms with Gasteiger partial charge in [0.2, 0.25) is 0 Å². The lowest BCUT2D eigenvalue weighted by Crippen LogP contribution is -2.46. The van der Waals surface area contributed by atoms with Crippen molar-refractivity contribution in [3.05, 3.63) is 0 Å². The molecule has 3 aliphatic rings. The third kappa shape index (κ3) is 2.89. The maximum atomic E-state index is 10.7. The molecule has 2 aliphatic carbocycles. The Balaban J connectivity index is 1.50. The van der Waals surface area contributed by atoms with E-state index in [1.807, 2.05) is 6.92 Å². The summed E-state index contributed by atoms with van der Waals surface area (Å²) >= 11 is 0. The first-order valence-corrected chi connectivity index (χ1v) is 7.66. The molecule has 2 saturated carbocycles. The zero-order chi connectivity index (χ0) is 12.6. The number of morpholine rings is 1. The van der Waals surface area contributed by atoms with Gasteiger partial charge in [0.05, 0.1) is 18.8 Å². The molecule has 1 heterocycles. The number of hydrogen-bond donors (Lipinski definition) is 2. The van der Waals surface area contributed by atoms with Gasteiger partial charge in [0.1, 0.15) is 0 Å². The van der Waals surface area contributed by atoms with Crippen molar-refractivity contribution < 1.29 is 9.84 Å². The minimum absolute atomic E-state index is 0.340. The second-order valence-electron chi connectivity index (χ2n) is 7.07. The highest BCUT2D eigenvalue weighted by Gasteiger charge is 2.42. The van der Waals surface area contributed by atoms with Crippen molar-refractivity contribution in [3.63, 3.8) is 0 Å². The average Bonchev–Trinajstić information content (AvgIpc) is 2.90. The van der Waals surface area contributed by atoms with Gasteiger partial charge in [-0.3, -0.25) is 0 Å². The molecule has 1 saturated heterocycles. The van der Waals surface area contributed by atoms with Crippen molar-refractivity contribution in [2.24, 2.45) is 17.8 Å². The van der Waals surface area contributed by atoms with E-state index < -0.39 is 5.60 Å². The highest BCUT2D eigenvalue weighted by molar-refractivity contribution is 4.94. The van der Waals surface area contributed by atoms with Crippen LogP contribution >= 0.6 is 0 Å². The molecule has 3 fully saturated rings. The second-order valence-corrected chi connectivity index (χ2v) is 7.07. The molecular weight excluding hydrogens is 226 g/mol. The van der Waals surface area contributed by atoms with Gasteiger partial charge in [0.15, 0.2) is 0 Å². The standard InChI is InChI=1S/C15H27NO2/c1-15(17,9-14-10-18-5-4-16-14)8-13-7-11-2-3-12(13)6-11/h11-14,16-17H,2-10H2,1H3. The Kier molecular flexibility index (Phi) is 3.65. The summed E-state index contributed by atoms with van der Waals surface area (Å²) in [6, 6.07) is 0.340. The minimum Gasteiger partial charge on any atom is -0.390 e. The predicted molar refractivity (Wildman–Crippen MR) is 71.4 cm³/mol. The summed E-state index contributed by atoms with van der Waals surface area (Å²) in [7, 11) is 0. The lowest BCUT2D eigenvalue weighted by Gasteiger charge is -2.35. The number of fused-ring (bicyclic) bond motifs is 2. The molecule has 0 spiro atoms. The first-order chi connectivity index (χ1) is 8.62. The van der Waals surface area contributed by atoms with E-state index >= 15 is 0 Å².